The highest BCUT2D eigenvalue weighted by Crippen LogP contribution is 2.56. The molecule has 0 radical (unpaired) electrons. The van der Waals surface area contributed by atoms with Gasteiger partial charge >= 0.3 is 5.97 Å². The third-order valence-corrected chi connectivity index (χ3v) is 5.54. The highest BCUT2D eigenvalue weighted by Gasteiger charge is 2.81. The first kappa shape index (κ1) is 14.9. The molecule has 0 unspecified atom stereocenters. The average molecular weight is 314 g/mol. The molecule has 116 valence electrons. The van der Waals surface area contributed by atoms with E-state index in [1.165, 1.54) is 0 Å². The molecule has 0 aromatic rings. The van der Waals surface area contributed by atoms with Crippen molar-refractivity contribution in [2.75, 3.05) is 0 Å². The second-order valence-corrected chi connectivity index (χ2v) is 6.70. The number of halogens is 1. The van der Waals surface area contributed by atoms with Crippen LogP contribution in [0.2, 0.25) is 0 Å². The first-order valence-electron chi connectivity index (χ1n) is 7.56. The van der Waals surface area contributed by atoms with Gasteiger partial charge in [0, 0.05) is 5.92 Å². The largest absolute Gasteiger partial charge is 0.437 e. The number of carbonyl (C=O) groups excluding carboxylic acids is 2. The van der Waals surface area contributed by atoms with Crippen molar-refractivity contribution >= 4 is 23.5 Å². The lowest BCUT2D eigenvalue weighted by Crippen LogP contribution is -2.79. The Balaban J connectivity index is 1.94. The molecule has 5 atom stereocenters. The number of esters is 1. The van der Waals surface area contributed by atoms with Crippen LogP contribution in [0.15, 0.2) is 12.2 Å². The van der Waals surface area contributed by atoms with Gasteiger partial charge in [-0.2, -0.15) is 0 Å². The summed E-state index contributed by atoms with van der Waals surface area (Å²) >= 11 is 6.50. The molecule has 3 aliphatic rings. The van der Waals surface area contributed by atoms with Crippen LogP contribution in [0, 0.1) is 11.8 Å². The standard InChI is InChI=1S/C15H20ClNO4/c1-2-6-10-12(19)17-14(13(20)21-15(10,14)16)11(18)9-7-4-3-5-8-9/h4,7,9-11,18H,2-3,5-6,8H2,1H3,(H,17,19)/t9-,10+,11+,14+,15+/m1/s1. The highest BCUT2D eigenvalue weighted by molar-refractivity contribution is 6.32. The summed E-state index contributed by atoms with van der Waals surface area (Å²) in [4.78, 5) is 24.3. The Labute approximate surface area is 128 Å². The molecule has 21 heavy (non-hydrogen) atoms. The van der Waals surface area contributed by atoms with E-state index in [9.17, 15) is 14.7 Å². The molecule has 0 bridgehead atoms. The fraction of sp³-hybridized carbons (Fsp3) is 0.733. The number of fused-ring (bicyclic) bond motifs is 1. The highest BCUT2D eigenvalue weighted by atomic mass is 35.5. The fourth-order valence-corrected chi connectivity index (χ4v) is 4.26. The Morgan fingerprint density at radius 3 is 2.90 bits per heavy atom. The van der Waals surface area contributed by atoms with Crippen molar-refractivity contribution in [2.45, 2.75) is 55.7 Å². The summed E-state index contributed by atoms with van der Waals surface area (Å²) in [5.41, 5.74) is -1.50. The molecule has 6 heteroatoms. The summed E-state index contributed by atoms with van der Waals surface area (Å²) in [7, 11) is 0. The molecule has 0 spiro atoms. The number of allylic oxidation sites excluding steroid dienone is 1. The summed E-state index contributed by atoms with van der Waals surface area (Å²) in [5.74, 6) is -1.73. The van der Waals surface area contributed by atoms with E-state index in [4.69, 9.17) is 16.3 Å². The predicted molar refractivity (Wildman–Crippen MR) is 76.4 cm³/mol. The van der Waals surface area contributed by atoms with E-state index in [-0.39, 0.29) is 11.8 Å². The van der Waals surface area contributed by atoms with Crippen LogP contribution in [0.3, 0.4) is 0 Å². The van der Waals surface area contributed by atoms with Crippen molar-refractivity contribution in [2.24, 2.45) is 11.8 Å². The third-order valence-electron chi connectivity index (χ3n) is 4.90. The molecule has 3 rings (SSSR count). The maximum absolute atomic E-state index is 12.2. The average Bonchev–Trinajstić information content (AvgIpc) is 2.65. The number of hydrogen-bond acceptors (Lipinski definition) is 4. The van der Waals surface area contributed by atoms with Gasteiger partial charge in [0.2, 0.25) is 16.5 Å². The lowest BCUT2D eigenvalue weighted by Gasteiger charge is -2.52. The van der Waals surface area contributed by atoms with E-state index in [0.717, 1.165) is 25.7 Å². The van der Waals surface area contributed by atoms with Gasteiger partial charge < -0.3 is 15.2 Å². The number of aliphatic hydroxyl groups is 1. The third kappa shape index (κ3) is 1.80. The molecule has 2 aliphatic heterocycles. The van der Waals surface area contributed by atoms with E-state index in [0.29, 0.717) is 6.42 Å². The molecule has 1 amide bonds. The summed E-state index contributed by atoms with van der Waals surface area (Å²) in [5, 5.41) is 11.9. The lowest BCUT2D eigenvalue weighted by atomic mass is 9.72. The fourth-order valence-electron chi connectivity index (χ4n) is 3.75. The monoisotopic (exact) mass is 313 g/mol. The van der Waals surface area contributed by atoms with Gasteiger partial charge in [0.15, 0.2) is 0 Å². The minimum Gasteiger partial charge on any atom is -0.437 e. The minimum atomic E-state index is -1.50. The topological polar surface area (TPSA) is 75.6 Å². The van der Waals surface area contributed by atoms with Crippen molar-refractivity contribution in [1.29, 1.82) is 0 Å². The zero-order valence-electron chi connectivity index (χ0n) is 12.0. The Hall–Kier alpha value is -1.07. The van der Waals surface area contributed by atoms with Gasteiger partial charge in [-0.15, -0.1) is 0 Å². The number of rotatable bonds is 4. The SMILES string of the molecule is CCC[C@H]1C(=O)N[C@@]2([C@@H](O)[C@@H]3C=CCCC3)C(=O)O[C@@]12Cl. The lowest BCUT2D eigenvalue weighted by molar-refractivity contribution is -0.219. The van der Waals surface area contributed by atoms with Crippen molar-refractivity contribution in [3.05, 3.63) is 12.2 Å². The molecule has 2 N–H and O–H groups in total. The number of ether oxygens (including phenoxy) is 1. The zero-order valence-corrected chi connectivity index (χ0v) is 12.7. The first-order valence-corrected chi connectivity index (χ1v) is 7.94. The van der Waals surface area contributed by atoms with Crippen LogP contribution < -0.4 is 5.32 Å². The zero-order chi connectivity index (χ0) is 15.3. The van der Waals surface area contributed by atoms with E-state index in [1.807, 2.05) is 19.1 Å². The van der Waals surface area contributed by atoms with Crippen molar-refractivity contribution in [3.8, 4) is 0 Å². The molecule has 2 fully saturated rings. The number of nitrogens with one attached hydrogen (secondary N) is 1. The molecule has 1 aliphatic carbocycles. The molecule has 2 saturated heterocycles. The Morgan fingerprint density at radius 1 is 1.57 bits per heavy atom. The summed E-state index contributed by atoms with van der Waals surface area (Å²) in [6.07, 6.45) is 6.81. The molecule has 0 aromatic carbocycles. The maximum atomic E-state index is 12.2. The van der Waals surface area contributed by atoms with Gasteiger partial charge in [-0.05, 0) is 25.7 Å². The summed E-state index contributed by atoms with van der Waals surface area (Å²) in [6.45, 7) is 1.94. The first-order chi connectivity index (χ1) is 9.97. The molecule has 0 aromatic heterocycles. The smallest absolute Gasteiger partial charge is 0.342 e. The van der Waals surface area contributed by atoms with E-state index in [2.05, 4.69) is 5.32 Å². The quantitative estimate of drug-likeness (QED) is 0.468. The van der Waals surface area contributed by atoms with Crippen LogP contribution in [0.5, 0.6) is 0 Å². The van der Waals surface area contributed by atoms with Gasteiger partial charge in [-0.3, -0.25) is 4.79 Å². The van der Waals surface area contributed by atoms with Crippen LogP contribution in [-0.4, -0.2) is 33.7 Å². The van der Waals surface area contributed by atoms with Crippen LogP contribution in [0.25, 0.3) is 0 Å². The number of aliphatic hydroxyl groups excluding tert-OH is 1. The molecule has 5 nitrogen and oxygen atoms in total. The Bertz CT molecular complexity index is 508. The van der Waals surface area contributed by atoms with E-state index in [1.54, 1.807) is 0 Å². The van der Waals surface area contributed by atoms with Crippen molar-refractivity contribution < 1.29 is 19.4 Å². The molecule has 2 heterocycles. The van der Waals surface area contributed by atoms with Gasteiger partial charge in [-0.25, -0.2) is 4.79 Å². The number of amides is 1. The van der Waals surface area contributed by atoms with Gasteiger partial charge in [0.25, 0.3) is 0 Å². The molecular formula is C15H20ClNO4. The second kappa shape index (κ2) is 4.99. The van der Waals surface area contributed by atoms with Gasteiger partial charge in [0.1, 0.15) is 0 Å². The number of alkyl halides is 1. The summed E-state index contributed by atoms with van der Waals surface area (Å²) < 4.78 is 5.16. The minimum absolute atomic E-state index is 0.189. The van der Waals surface area contributed by atoms with E-state index < -0.39 is 28.6 Å². The van der Waals surface area contributed by atoms with Crippen LogP contribution in [-0.2, 0) is 14.3 Å². The van der Waals surface area contributed by atoms with Crippen molar-refractivity contribution in [3.63, 3.8) is 0 Å². The van der Waals surface area contributed by atoms with Gasteiger partial charge in [-0.1, -0.05) is 37.1 Å². The normalized spacial score (nSPS) is 42.8. The van der Waals surface area contributed by atoms with Crippen LogP contribution >= 0.6 is 11.6 Å². The Morgan fingerprint density at radius 2 is 2.33 bits per heavy atom. The predicted octanol–water partition coefficient (Wildman–Crippen LogP) is 1.48. The molecular weight excluding hydrogens is 294 g/mol. The van der Waals surface area contributed by atoms with Crippen LogP contribution in [0.4, 0.5) is 0 Å². The van der Waals surface area contributed by atoms with Crippen LogP contribution in [0.1, 0.15) is 39.0 Å². The number of hydrogen-bond donors (Lipinski definition) is 2. The van der Waals surface area contributed by atoms with E-state index >= 15 is 0 Å². The summed E-state index contributed by atoms with van der Waals surface area (Å²) in [6, 6.07) is 0. The molecule has 0 saturated carbocycles. The Kier molecular flexibility index (Phi) is 3.53. The number of carbonyl (C=O) groups is 2. The second-order valence-electron chi connectivity index (χ2n) is 6.14. The maximum Gasteiger partial charge on any atom is 0.342 e. The van der Waals surface area contributed by atoms with Crippen molar-refractivity contribution in [1.82, 2.24) is 5.32 Å². The van der Waals surface area contributed by atoms with Gasteiger partial charge in [0.05, 0.1) is 12.0 Å².